The normalized spacial score (nSPS) is 16.7. The van der Waals surface area contributed by atoms with Crippen molar-refractivity contribution in [1.29, 1.82) is 0 Å². The Balaban J connectivity index is 0.000000459. The van der Waals surface area contributed by atoms with Crippen LogP contribution < -0.4 is 16.0 Å². The van der Waals surface area contributed by atoms with Crippen molar-refractivity contribution in [3.05, 3.63) is 144 Å². The molecule has 6 unspecified atom stereocenters. The smallest absolute Gasteiger partial charge is 0.326 e. The van der Waals surface area contributed by atoms with Crippen molar-refractivity contribution < 1.29 is 72.5 Å². The lowest BCUT2D eigenvalue weighted by molar-refractivity contribution is -0.145. The van der Waals surface area contributed by atoms with E-state index in [2.05, 4.69) is 69.6 Å². The zero-order valence-electron chi connectivity index (χ0n) is 70.4. The summed E-state index contributed by atoms with van der Waals surface area (Å²) in [6.07, 6.45) is 7.31. The van der Waals surface area contributed by atoms with Gasteiger partial charge in [-0.05, 0) is 164 Å². The van der Waals surface area contributed by atoms with Gasteiger partial charge in [0.2, 0.25) is 35.1 Å². The van der Waals surface area contributed by atoms with Crippen LogP contribution >= 0.6 is 0 Å². The maximum Gasteiger partial charge on any atom is 0.326 e. The fourth-order valence-electron chi connectivity index (χ4n) is 13.9. The lowest BCUT2D eigenvalue weighted by Crippen LogP contribution is -2.46. The molecule has 0 bridgehead atoms. The molecule has 3 fully saturated rings. The highest BCUT2D eigenvalue weighted by atomic mass is 16.4. The first-order valence-corrected chi connectivity index (χ1v) is 40.1. The highest BCUT2D eigenvalue weighted by molar-refractivity contribution is 6.39. The Morgan fingerprint density at radius 3 is 1.00 bits per heavy atom. The summed E-state index contributed by atoms with van der Waals surface area (Å²) in [7, 11) is 0. The number of hydrogen-bond acceptors (Lipinski definition) is 14. The van der Waals surface area contributed by atoms with Crippen molar-refractivity contribution in [2.24, 2.45) is 59.2 Å². The molecule has 0 radical (unpaired) electrons. The Morgan fingerprint density at radius 1 is 0.387 bits per heavy atom. The summed E-state index contributed by atoms with van der Waals surface area (Å²) in [6, 6.07) is 35.9. The van der Waals surface area contributed by atoms with Crippen molar-refractivity contribution in [3.8, 4) is 0 Å². The van der Waals surface area contributed by atoms with Crippen LogP contribution in [0.2, 0.25) is 0 Å². The maximum absolute atomic E-state index is 12.9. The molecule has 0 aliphatic carbocycles. The summed E-state index contributed by atoms with van der Waals surface area (Å²) in [5.41, 5.74) is 3.60. The number of aliphatic hydroxyl groups excluding tert-OH is 1. The standard InChI is InChI=1S/C21H23NO4.C18H25NO2.C15H27NO2.C15H21NO2.C12H21NO3.C9H17NO2/c1-14(2)18(16-11-7-4-8-12-16)19(23)20(24)22-17(21(25)26)13-15-9-5-3-6-10-15;1-13(2)16(12-15-8-5-4-6-9-15)18(21)19-11-7-10-17(19)14(3)20;1-10(2)9-13(11(3)4)15(18)16-8-6-7-14(16)12(5)17;1-10(2)13(12-8-6-5-7-9-12)14(17)15(18)16-11(3)4;1-8(2)10(7-14)12(16)13-6-4-5-11(13)9(3)15;1-6(2)5-8(11)9(12)10-7(3)4/h3-12,14,17-18H,13H2,1-2H3,(H,22,24)(H,25,26);4-6,8-9,13,16-17H,7,10-12H2,1-3H3;10-11,13-14H,6-9H2,1-5H3;5-11,13H,1-4H3,(H,16,18);8,10-11,14H,4-7H2,1-3H3;6-7H,5H2,1-4H3,(H,10,12)/t;16?,17-;13?,14-;;10?,11-;/m.00.0./s1. The van der Waals surface area contributed by atoms with Gasteiger partial charge in [-0.2, -0.15) is 0 Å². The third-order valence-electron chi connectivity index (χ3n) is 19.8. The van der Waals surface area contributed by atoms with Crippen LogP contribution in [0.5, 0.6) is 0 Å². The van der Waals surface area contributed by atoms with Crippen LogP contribution in [-0.2, 0) is 75.2 Å². The molecule has 3 aliphatic heterocycles. The number of nitrogens with zero attached hydrogens (tertiary/aromatic N) is 3. The van der Waals surface area contributed by atoms with Crippen LogP contribution in [0.3, 0.4) is 0 Å². The second kappa shape index (κ2) is 50.2. The molecule has 0 aromatic heterocycles. The fourth-order valence-corrected chi connectivity index (χ4v) is 13.9. The molecule has 21 heteroatoms. The number of benzene rings is 4. The minimum atomic E-state index is -1.17. The molecule has 4 aromatic carbocycles. The van der Waals surface area contributed by atoms with Gasteiger partial charge in [-0.1, -0.05) is 218 Å². The summed E-state index contributed by atoms with van der Waals surface area (Å²) in [5, 5.41) is 26.2. The number of rotatable bonds is 31. The van der Waals surface area contributed by atoms with Gasteiger partial charge in [0.05, 0.1) is 42.5 Å². The average molecular weight is 1540 g/mol. The van der Waals surface area contributed by atoms with Gasteiger partial charge in [0.1, 0.15) is 6.04 Å². The Bertz CT molecular complexity index is 3560. The zero-order valence-corrected chi connectivity index (χ0v) is 70.4. The molecule has 4 aromatic rings. The summed E-state index contributed by atoms with van der Waals surface area (Å²) in [4.78, 5) is 160. The van der Waals surface area contributed by atoms with Gasteiger partial charge in [0.15, 0.2) is 17.3 Å². The summed E-state index contributed by atoms with van der Waals surface area (Å²) >= 11 is 0. The van der Waals surface area contributed by atoms with E-state index < -0.39 is 41.4 Å². The lowest BCUT2D eigenvalue weighted by Gasteiger charge is -2.30. The number of aliphatic carboxylic acids is 1. The van der Waals surface area contributed by atoms with Gasteiger partial charge in [0, 0.05) is 56.4 Å². The molecule has 0 saturated carbocycles. The summed E-state index contributed by atoms with van der Waals surface area (Å²) in [5.74, 6) is -3.59. The number of carboxylic acids is 1. The molecular weight excluding hydrogens is 1410 g/mol. The van der Waals surface area contributed by atoms with Crippen LogP contribution in [0.25, 0.3) is 0 Å². The molecule has 21 nitrogen and oxygen atoms in total. The monoisotopic (exact) mass is 1540 g/mol. The Hall–Kier alpha value is -8.85. The SMILES string of the molecule is CC(=O)[C@@H]1CCCN1C(=O)C(CC(C)C)C(C)C.CC(=O)[C@@H]1CCCN1C(=O)C(CO)C(C)C.CC(=O)[C@@H]1CCCN1C(=O)C(Cc1ccccc1)C(C)C.CC(C)C(C(=O)C(=O)NC(Cc1ccccc1)C(=O)O)c1ccccc1.CC(C)CC(=O)C(=O)NC(C)C.CC(C)NC(=O)C(=O)C(c1ccccc1)C(C)C. The fraction of sp³-hybridized carbons (Fsp3) is 0.589. The second-order valence-electron chi connectivity index (χ2n) is 32.8. The van der Waals surface area contributed by atoms with E-state index in [-0.39, 0.29) is 143 Å². The van der Waals surface area contributed by atoms with Crippen molar-refractivity contribution in [2.75, 3.05) is 26.2 Å². The van der Waals surface area contributed by atoms with E-state index >= 15 is 0 Å². The van der Waals surface area contributed by atoms with Gasteiger partial charge < -0.3 is 40.9 Å². The number of aliphatic hydroxyl groups is 1. The first-order chi connectivity index (χ1) is 52.1. The highest BCUT2D eigenvalue weighted by Crippen LogP contribution is 2.31. The van der Waals surface area contributed by atoms with Crippen LogP contribution in [0, 0.1) is 59.2 Å². The Morgan fingerprint density at radius 2 is 0.703 bits per heavy atom. The molecule has 0 spiro atoms. The Kier molecular flexibility index (Phi) is 44.4. The van der Waals surface area contributed by atoms with Crippen LogP contribution in [0.4, 0.5) is 0 Å². The van der Waals surface area contributed by atoms with E-state index in [1.807, 2.05) is 166 Å². The number of amides is 6. The van der Waals surface area contributed by atoms with Crippen molar-refractivity contribution in [2.45, 2.75) is 258 Å². The van der Waals surface area contributed by atoms with Crippen molar-refractivity contribution in [1.82, 2.24) is 30.7 Å². The highest BCUT2D eigenvalue weighted by Gasteiger charge is 2.40. The second-order valence-corrected chi connectivity index (χ2v) is 32.8. The summed E-state index contributed by atoms with van der Waals surface area (Å²) in [6.45, 7) is 42.0. The largest absolute Gasteiger partial charge is 0.480 e. The van der Waals surface area contributed by atoms with E-state index in [1.54, 1.807) is 55.1 Å². The molecule has 614 valence electrons. The number of carboxylic acid groups (broad SMARTS) is 1. The van der Waals surface area contributed by atoms with E-state index in [4.69, 9.17) is 0 Å². The van der Waals surface area contributed by atoms with Crippen LogP contribution in [0.1, 0.15) is 231 Å². The number of Topliss-reactive ketones (excluding diaryl/α,β-unsaturated/α-hetero) is 6. The number of carbonyl (C=O) groups excluding carboxylic acids is 12. The Labute approximate surface area is 662 Å². The van der Waals surface area contributed by atoms with E-state index in [0.717, 1.165) is 81.1 Å². The van der Waals surface area contributed by atoms with Crippen LogP contribution in [-0.4, -0.2) is 164 Å². The van der Waals surface area contributed by atoms with Gasteiger partial charge in [-0.3, -0.25) is 57.5 Å². The molecule has 9 atom stereocenters. The summed E-state index contributed by atoms with van der Waals surface area (Å²) < 4.78 is 0. The van der Waals surface area contributed by atoms with E-state index in [0.29, 0.717) is 24.8 Å². The van der Waals surface area contributed by atoms with Gasteiger partial charge in [-0.25, -0.2) is 4.79 Å². The minimum absolute atomic E-state index is 0.0231. The zero-order chi connectivity index (χ0) is 84.1. The molecule has 3 saturated heterocycles. The van der Waals surface area contributed by atoms with Gasteiger partial charge in [-0.15, -0.1) is 0 Å². The predicted molar refractivity (Wildman–Crippen MR) is 437 cm³/mol. The quantitative estimate of drug-likeness (QED) is 0.0293. The average Bonchev–Trinajstić information content (AvgIpc) is 1.80. The number of hydrogen-bond donors (Lipinski definition) is 5. The number of carbonyl (C=O) groups is 13. The topological polar surface area (TPSA) is 308 Å². The van der Waals surface area contributed by atoms with Crippen LogP contribution in [0.15, 0.2) is 121 Å². The molecule has 3 heterocycles. The number of ketones is 6. The maximum atomic E-state index is 12.9. The van der Waals surface area contributed by atoms with E-state index in [9.17, 15) is 72.5 Å². The third kappa shape index (κ3) is 33.9. The molecule has 3 aliphatic rings. The molecular formula is C90H134N6O15. The predicted octanol–water partition coefficient (Wildman–Crippen LogP) is 13.3. The van der Waals surface area contributed by atoms with Gasteiger partial charge >= 0.3 is 5.97 Å². The van der Waals surface area contributed by atoms with Crippen molar-refractivity contribution >= 4 is 76.1 Å². The first-order valence-electron chi connectivity index (χ1n) is 40.1. The number of nitrogens with one attached hydrogen (secondary N) is 3. The first kappa shape index (κ1) is 98.2. The minimum Gasteiger partial charge on any atom is -0.480 e. The van der Waals surface area contributed by atoms with Crippen molar-refractivity contribution in [3.63, 3.8) is 0 Å². The van der Waals surface area contributed by atoms with E-state index in [1.165, 1.54) is 12.5 Å². The molecule has 6 amide bonds. The molecule has 5 N–H and O–H groups in total. The molecule has 7 rings (SSSR count). The lowest BCUT2D eigenvalue weighted by atomic mass is 9.84. The third-order valence-corrected chi connectivity index (χ3v) is 19.8. The van der Waals surface area contributed by atoms with Gasteiger partial charge in [0.25, 0.3) is 17.7 Å². The molecule has 111 heavy (non-hydrogen) atoms. The number of likely N-dealkylation sites (tertiary alicyclic amines) is 3.